The number of H-pyrrole nitrogens is 1. The lowest BCUT2D eigenvalue weighted by molar-refractivity contribution is 0.0697. The van der Waals surface area contributed by atoms with Crippen LogP contribution in [0.1, 0.15) is 21.7 Å². The van der Waals surface area contributed by atoms with Gasteiger partial charge in [-0.1, -0.05) is 0 Å². The van der Waals surface area contributed by atoms with Crippen LogP contribution in [0.4, 0.5) is 5.95 Å². The lowest BCUT2D eigenvalue weighted by Crippen LogP contribution is -2.19. The van der Waals surface area contributed by atoms with Gasteiger partial charge in [-0.2, -0.15) is 5.10 Å². The van der Waals surface area contributed by atoms with E-state index in [9.17, 15) is 4.79 Å². The Morgan fingerprint density at radius 2 is 2.04 bits per heavy atom. The Labute approximate surface area is 149 Å². The van der Waals surface area contributed by atoms with Crippen LogP contribution in [0.15, 0.2) is 36.7 Å². The fourth-order valence-corrected chi connectivity index (χ4v) is 2.42. The second-order valence-corrected chi connectivity index (χ2v) is 5.65. The van der Waals surface area contributed by atoms with Crippen molar-refractivity contribution < 1.29 is 14.6 Å². The molecule has 0 aliphatic rings. The van der Waals surface area contributed by atoms with Crippen molar-refractivity contribution in [3.05, 3.63) is 53.6 Å². The highest BCUT2D eigenvalue weighted by Crippen LogP contribution is 2.18. The maximum atomic E-state index is 11.1. The van der Waals surface area contributed by atoms with Gasteiger partial charge in [0.15, 0.2) is 0 Å². The number of carbonyl (C=O) groups is 1. The third-order valence-corrected chi connectivity index (χ3v) is 3.64. The summed E-state index contributed by atoms with van der Waals surface area (Å²) < 4.78 is 5.05. The number of aromatic nitrogens is 5. The average molecular weight is 354 g/mol. The van der Waals surface area contributed by atoms with Gasteiger partial charge in [-0.05, 0) is 24.3 Å². The van der Waals surface area contributed by atoms with Crippen molar-refractivity contribution in [1.29, 1.82) is 0 Å². The monoisotopic (exact) mass is 354 g/mol. The molecule has 3 aromatic heterocycles. The van der Waals surface area contributed by atoms with Gasteiger partial charge in [-0.15, -0.1) is 0 Å². The highest BCUT2D eigenvalue weighted by atomic mass is 16.5. The molecule has 2 N–H and O–H groups in total. The molecular formula is C17H18N6O3. The number of aromatic amines is 1. The van der Waals surface area contributed by atoms with Gasteiger partial charge in [-0.3, -0.25) is 10.1 Å². The lowest BCUT2D eigenvalue weighted by atomic mass is 10.2. The van der Waals surface area contributed by atoms with E-state index in [1.807, 2.05) is 18.0 Å². The van der Waals surface area contributed by atoms with Crippen molar-refractivity contribution in [2.24, 2.45) is 0 Å². The number of ether oxygens (including phenoxy) is 1. The van der Waals surface area contributed by atoms with Crippen LogP contribution in [0.25, 0.3) is 11.4 Å². The van der Waals surface area contributed by atoms with Gasteiger partial charge in [0, 0.05) is 26.6 Å². The standard InChI is InChI=1S/C17H18N6O3/c1-23(9-12-8-13(10-26-2)22-21-12)17-19-6-4-14(20-17)15-7-11(16(24)25)3-5-18-15/h3-8H,9-10H2,1-2H3,(H,21,22)(H,24,25). The summed E-state index contributed by atoms with van der Waals surface area (Å²) in [6, 6.07) is 6.54. The van der Waals surface area contributed by atoms with Gasteiger partial charge in [0.1, 0.15) is 0 Å². The van der Waals surface area contributed by atoms with Crippen molar-refractivity contribution in [2.45, 2.75) is 13.2 Å². The SMILES string of the molecule is COCc1cc(CN(C)c2nccc(-c3cc(C(=O)O)ccn3)n2)[nH]n1. The topological polar surface area (TPSA) is 117 Å². The average Bonchev–Trinajstić information content (AvgIpc) is 3.09. The molecule has 0 radical (unpaired) electrons. The van der Waals surface area contributed by atoms with E-state index in [-0.39, 0.29) is 5.56 Å². The van der Waals surface area contributed by atoms with Crippen LogP contribution in [0, 0.1) is 0 Å². The number of hydrogen-bond acceptors (Lipinski definition) is 7. The van der Waals surface area contributed by atoms with E-state index in [0.717, 1.165) is 11.4 Å². The number of hydrogen-bond donors (Lipinski definition) is 2. The number of pyridine rings is 1. The molecule has 3 heterocycles. The summed E-state index contributed by atoms with van der Waals surface area (Å²) in [6.07, 6.45) is 3.07. The molecule has 3 aromatic rings. The predicted molar refractivity (Wildman–Crippen MR) is 93.6 cm³/mol. The zero-order valence-electron chi connectivity index (χ0n) is 14.4. The summed E-state index contributed by atoms with van der Waals surface area (Å²) >= 11 is 0. The van der Waals surface area contributed by atoms with Crippen LogP contribution in [0.5, 0.6) is 0 Å². The number of nitrogens with zero attached hydrogens (tertiary/aromatic N) is 5. The number of carboxylic acids is 1. The van der Waals surface area contributed by atoms with Crippen LogP contribution in [0.2, 0.25) is 0 Å². The van der Waals surface area contributed by atoms with E-state index in [4.69, 9.17) is 9.84 Å². The van der Waals surface area contributed by atoms with Crippen LogP contribution in [0.3, 0.4) is 0 Å². The number of carboxylic acid groups (broad SMARTS) is 1. The first-order chi connectivity index (χ1) is 12.6. The quantitative estimate of drug-likeness (QED) is 0.659. The van der Waals surface area contributed by atoms with Gasteiger partial charge in [0.05, 0.1) is 41.5 Å². The van der Waals surface area contributed by atoms with Gasteiger partial charge >= 0.3 is 5.97 Å². The Bertz CT molecular complexity index is 911. The Kier molecular flexibility index (Phi) is 5.18. The van der Waals surface area contributed by atoms with E-state index in [0.29, 0.717) is 30.5 Å². The van der Waals surface area contributed by atoms with Crippen molar-refractivity contribution in [1.82, 2.24) is 25.1 Å². The molecule has 0 spiro atoms. The number of methoxy groups -OCH3 is 1. The molecule has 0 aromatic carbocycles. The van der Waals surface area contributed by atoms with Crippen molar-refractivity contribution >= 4 is 11.9 Å². The fourth-order valence-electron chi connectivity index (χ4n) is 2.42. The van der Waals surface area contributed by atoms with Crippen LogP contribution in [-0.2, 0) is 17.9 Å². The molecule has 0 fully saturated rings. The Balaban J connectivity index is 1.79. The molecule has 26 heavy (non-hydrogen) atoms. The third kappa shape index (κ3) is 4.01. The van der Waals surface area contributed by atoms with E-state index < -0.39 is 5.97 Å². The molecule has 134 valence electrons. The third-order valence-electron chi connectivity index (χ3n) is 3.64. The van der Waals surface area contributed by atoms with Crippen molar-refractivity contribution in [3.63, 3.8) is 0 Å². The Morgan fingerprint density at radius 3 is 2.81 bits per heavy atom. The van der Waals surface area contributed by atoms with E-state index in [1.54, 1.807) is 19.4 Å². The van der Waals surface area contributed by atoms with Crippen LogP contribution >= 0.6 is 0 Å². The van der Waals surface area contributed by atoms with Gasteiger partial charge in [0.25, 0.3) is 0 Å². The van der Waals surface area contributed by atoms with Crippen LogP contribution in [-0.4, -0.2) is 50.4 Å². The Morgan fingerprint density at radius 1 is 1.23 bits per heavy atom. The normalized spacial score (nSPS) is 10.7. The second kappa shape index (κ2) is 7.70. The highest BCUT2D eigenvalue weighted by molar-refractivity contribution is 5.88. The largest absolute Gasteiger partial charge is 0.478 e. The second-order valence-electron chi connectivity index (χ2n) is 5.65. The minimum Gasteiger partial charge on any atom is -0.478 e. The number of nitrogens with one attached hydrogen (secondary N) is 1. The number of rotatable bonds is 7. The summed E-state index contributed by atoms with van der Waals surface area (Å²) in [4.78, 5) is 25.9. The van der Waals surface area contributed by atoms with Gasteiger partial charge in [-0.25, -0.2) is 14.8 Å². The molecular weight excluding hydrogens is 336 g/mol. The molecule has 9 nitrogen and oxygen atoms in total. The molecule has 0 atom stereocenters. The predicted octanol–water partition coefficient (Wildman–Crippen LogP) is 1.74. The molecule has 3 rings (SSSR count). The first kappa shape index (κ1) is 17.5. The van der Waals surface area contributed by atoms with Gasteiger partial charge in [0.2, 0.25) is 5.95 Å². The number of anilines is 1. The molecule has 0 bridgehead atoms. The van der Waals surface area contributed by atoms with E-state index >= 15 is 0 Å². The first-order valence-corrected chi connectivity index (χ1v) is 7.83. The summed E-state index contributed by atoms with van der Waals surface area (Å²) in [7, 11) is 3.48. The molecule has 0 saturated carbocycles. The fraction of sp³-hybridized carbons (Fsp3) is 0.235. The summed E-state index contributed by atoms with van der Waals surface area (Å²) in [5.74, 6) is -0.515. The van der Waals surface area contributed by atoms with E-state index in [2.05, 4.69) is 25.1 Å². The summed E-state index contributed by atoms with van der Waals surface area (Å²) in [5, 5.41) is 16.2. The number of aromatic carboxylic acids is 1. The summed E-state index contributed by atoms with van der Waals surface area (Å²) in [5.41, 5.74) is 2.91. The molecule has 0 saturated heterocycles. The minimum atomic E-state index is -1.01. The van der Waals surface area contributed by atoms with Gasteiger partial charge < -0.3 is 14.7 Å². The molecule has 9 heteroatoms. The first-order valence-electron chi connectivity index (χ1n) is 7.83. The van der Waals surface area contributed by atoms with E-state index in [1.165, 1.54) is 18.3 Å². The Hall–Kier alpha value is -3.33. The van der Waals surface area contributed by atoms with Crippen LogP contribution < -0.4 is 4.90 Å². The lowest BCUT2D eigenvalue weighted by Gasteiger charge is -2.16. The smallest absolute Gasteiger partial charge is 0.335 e. The van der Waals surface area contributed by atoms with Crippen molar-refractivity contribution in [2.75, 3.05) is 19.1 Å². The minimum absolute atomic E-state index is 0.159. The van der Waals surface area contributed by atoms with Crippen molar-refractivity contribution in [3.8, 4) is 11.4 Å². The molecule has 0 aliphatic carbocycles. The summed E-state index contributed by atoms with van der Waals surface area (Å²) in [6.45, 7) is 0.973. The molecule has 0 amide bonds. The highest BCUT2D eigenvalue weighted by Gasteiger charge is 2.11. The zero-order valence-corrected chi connectivity index (χ0v) is 14.4. The zero-order chi connectivity index (χ0) is 18.5. The molecule has 0 aliphatic heterocycles. The maximum Gasteiger partial charge on any atom is 0.335 e. The molecule has 0 unspecified atom stereocenters. The maximum absolute atomic E-state index is 11.1.